The van der Waals surface area contributed by atoms with E-state index in [-0.39, 0.29) is 16.7 Å². The maximum atomic E-state index is 13.6. The van der Waals surface area contributed by atoms with Crippen LogP contribution in [0.1, 0.15) is 10.6 Å². The lowest BCUT2D eigenvalue weighted by atomic mass is 10.2. The first-order chi connectivity index (χ1) is 7.49. The number of hydrogen-bond acceptors (Lipinski definition) is 3. The second-order valence-electron chi connectivity index (χ2n) is 3.65. The van der Waals surface area contributed by atoms with Gasteiger partial charge >= 0.3 is 5.97 Å². The molecule has 0 aliphatic carbocycles. The molecule has 2 rings (SSSR count). The molecule has 1 aromatic carbocycles. The van der Waals surface area contributed by atoms with Crippen molar-refractivity contribution in [3.63, 3.8) is 0 Å². The van der Waals surface area contributed by atoms with E-state index in [1.165, 1.54) is 12.1 Å². The van der Waals surface area contributed by atoms with Gasteiger partial charge in [0.2, 0.25) is 5.76 Å². The second kappa shape index (κ2) is 3.52. The highest BCUT2D eigenvalue weighted by atomic mass is 19.1. The number of hydrogen-bond donors (Lipinski definition) is 1. The number of fused-ring (bicyclic) bond motifs is 1. The molecule has 0 atom stereocenters. The van der Waals surface area contributed by atoms with Gasteiger partial charge in [-0.05, 0) is 6.07 Å². The van der Waals surface area contributed by atoms with Crippen molar-refractivity contribution in [3.05, 3.63) is 29.8 Å². The smallest absolute Gasteiger partial charge is 0.371 e. The van der Waals surface area contributed by atoms with Crippen LogP contribution in [0.3, 0.4) is 0 Å². The van der Waals surface area contributed by atoms with Crippen LogP contribution in [-0.4, -0.2) is 25.2 Å². The van der Waals surface area contributed by atoms with Gasteiger partial charge in [-0.2, -0.15) is 0 Å². The van der Waals surface area contributed by atoms with Gasteiger partial charge in [0, 0.05) is 31.9 Å². The van der Waals surface area contributed by atoms with Crippen LogP contribution < -0.4 is 4.90 Å². The van der Waals surface area contributed by atoms with Crippen LogP contribution in [0.15, 0.2) is 22.6 Å². The fourth-order valence-corrected chi connectivity index (χ4v) is 1.45. The van der Waals surface area contributed by atoms with E-state index in [4.69, 9.17) is 9.52 Å². The predicted octanol–water partition coefficient (Wildman–Crippen LogP) is 2.34. The summed E-state index contributed by atoms with van der Waals surface area (Å²) in [5, 5.41) is 8.91. The van der Waals surface area contributed by atoms with E-state index < -0.39 is 11.8 Å². The van der Waals surface area contributed by atoms with E-state index in [9.17, 15) is 9.18 Å². The Kier molecular flexibility index (Phi) is 2.30. The summed E-state index contributed by atoms with van der Waals surface area (Å²) in [4.78, 5) is 12.4. The zero-order chi connectivity index (χ0) is 11.9. The Morgan fingerprint density at radius 1 is 1.38 bits per heavy atom. The van der Waals surface area contributed by atoms with E-state index in [1.54, 1.807) is 25.1 Å². The largest absolute Gasteiger partial charge is 0.475 e. The van der Waals surface area contributed by atoms with Gasteiger partial charge in [0.05, 0.1) is 5.39 Å². The minimum absolute atomic E-state index is 0.183. The van der Waals surface area contributed by atoms with Gasteiger partial charge in [0.15, 0.2) is 0 Å². The summed E-state index contributed by atoms with van der Waals surface area (Å²) in [6.07, 6.45) is 0. The fourth-order valence-electron chi connectivity index (χ4n) is 1.45. The number of furan rings is 1. The molecular weight excluding hydrogens is 213 g/mol. The van der Waals surface area contributed by atoms with E-state index in [0.29, 0.717) is 5.69 Å². The third kappa shape index (κ3) is 1.60. The Bertz CT molecular complexity index is 560. The third-order valence-corrected chi connectivity index (χ3v) is 2.30. The molecular formula is C11H10FNO3. The molecule has 0 spiro atoms. The normalized spacial score (nSPS) is 10.7. The third-order valence-electron chi connectivity index (χ3n) is 2.30. The summed E-state index contributed by atoms with van der Waals surface area (Å²) < 4.78 is 18.6. The zero-order valence-electron chi connectivity index (χ0n) is 8.82. The number of rotatable bonds is 2. The monoisotopic (exact) mass is 223 g/mol. The predicted molar refractivity (Wildman–Crippen MR) is 57.5 cm³/mol. The topological polar surface area (TPSA) is 53.7 Å². The maximum absolute atomic E-state index is 13.6. The summed E-state index contributed by atoms with van der Waals surface area (Å²) in [6, 6.07) is 4.13. The number of carboxylic acid groups (broad SMARTS) is 1. The molecule has 1 N–H and O–H groups in total. The number of carbonyl (C=O) groups is 1. The van der Waals surface area contributed by atoms with E-state index in [1.807, 2.05) is 0 Å². The molecule has 16 heavy (non-hydrogen) atoms. The van der Waals surface area contributed by atoms with Crippen molar-refractivity contribution in [2.24, 2.45) is 0 Å². The highest BCUT2D eigenvalue weighted by Crippen LogP contribution is 2.27. The molecule has 0 aliphatic rings. The van der Waals surface area contributed by atoms with Crippen LogP contribution in [0.25, 0.3) is 11.0 Å². The average molecular weight is 223 g/mol. The Morgan fingerprint density at radius 2 is 2.06 bits per heavy atom. The van der Waals surface area contributed by atoms with Crippen molar-refractivity contribution in [1.29, 1.82) is 0 Å². The van der Waals surface area contributed by atoms with Gasteiger partial charge in [0.1, 0.15) is 11.4 Å². The molecule has 5 heteroatoms. The summed E-state index contributed by atoms with van der Waals surface area (Å²) in [6.45, 7) is 0. The van der Waals surface area contributed by atoms with Gasteiger partial charge in [-0.15, -0.1) is 0 Å². The summed E-state index contributed by atoms with van der Waals surface area (Å²) >= 11 is 0. The Morgan fingerprint density at radius 3 is 2.62 bits per heavy atom. The zero-order valence-corrected chi connectivity index (χ0v) is 8.82. The first kappa shape index (κ1) is 10.5. The molecule has 1 aromatic heterocycles. The van der Waals surface area contributed by atoms with Gasteiger partial charge in [-0.1, -0.05) is 0 Å². The van der Waals surface area contributed by atoms with E-state index in [0.717, 1.165) is 0 Å². The first-order valence-corrected chi connectivity index (χ1v) is 4.63. The van der Waals surface area contributed by atoms with Gasteiger partial charge in [0.25, 0.3) is 0 Å². The molecule has 1 heterocycles. The number of nitrogens with zero attached hydrogens (tertiary/aromatic N) is 1. The lowest BCUT2D eigenvalue weighted by Gasteiger charge is -2.11. The van der Waals surface area contributed by atoms with E-state index in [2.05, 4.69) is 0 Å². The molecule has 2 aromatic rings. The Balaban J connectivity index is 2.68. The SMILES string of the molecule is CN(C)c1cc(F)c2cc(C(=O)O)oc2c1. The average Bonchev–Trinajstić information content (AvgIpc) is 2.61. The lowest BCUT2D eigenvalue weighted by Crippen LogP contribution is -2.08. The molecule has 84 valence electrons. The van der Waals surface area contributed by atoms with Crippen LogP contribution >= 0.6 is 0 Å². The molecule has 0 unspecified atom stereocenters. The quantitative estimate of drug-likeness (QED) is 0.848. The van der Waals surface area contributed by atoms with Gasteiger partial charge < -0.3 is 14.4 Å². The number of aromatic carboxylic acids is 1. The number of carboxylic acids is 1. The molecule has 0 radical (unpaired) electrons. The van der Waals surface area contributed by atoms with Crippen molar-refractivity contribution < 1.29 is 18.7 Å². The van der Waals surface area contributed by atoms with Gasteiger partial charge in [-0.3, -0.25) is 0 Å². The van der Waals surface area contributed by atoms with Crippen LogP contribution in [0, 0.1) is 5.82 Å². The van der Waals surface area contributed by atoms with Crippen LogP contribution in [0.2, 0.25) is 0 Å². The Labute approximate surface area is 90.9 Å². The number of halogens is 1. The molecule has 0 amide bonds. The lowest BCUT2D eigenvalue weighted by molar-refractivity contribution is 0.0665. The molecule has 0 aliphatic heterocycles. The van der Waals surface area contributed by atoms with Crippen LogP contribution in [0.5, 0.6) is 0 Å². The van der Waals surface area contributed by atoms with Crippen LogP contribution in [-0.2, 0) is 0 Å². The molecule has 0 saturated heterocycles. The minimum Gasteiger partial charge on any atom is -0.475 e. The van der Waals surface area contributed by atoms with Crippen molar-refractivity contribution in [2.75, 3.05) is 19.0 Å². The molecule has 0 fully saturated rings. The molecule has 4 nitrogen and oxygen atoms in total. The Hall–Kier alpha value is -2.04. The van der Waals surface area contributed by atoms with Crippen molar-refractivity contribution >= 4 is 22.6 Å². The molecule has 0 bridgehead atoms. The van der Waals surface area contributed by atoms with Crippen molar-refractivity contribution in [2.45, 2.75) is 0 Å². The highest BCUT2D eigenvalue weighted by molar-refractivity contribution is 5.92. The summed E-state index contributed by atoms with van der Waals surface area (Å²) in [7, 11) is 3.53. The van der Waals surface area contributed by atoms with E-state index >= 15 is 0 Å². The second-order valence-corrected chi connectivity index (χ2v) is 3.65. The highest BCUT2D eigenvalue weighted by Gasteiger charge is 2.14. The fraction of sp³-hybridized carbons (Fsp3) is 0.182. The maximum Gasteiger partial charge on any atom is 0.371 e. The number of benzene rings is 1. The van der Waals surface area contributed by atoms with Gasteiger partial charge in [-0.25, -0.2) is 9.18 Å². The number of anilines is 1. The van der Waals surface area contributed by atoms with Crippen molar-refractivity contribution in [3.8, 4) is 0 Å². The molecule has 0 saturated carbocycles. The first-order valence-electron chi connectivity index (χ1n) is 4.63. The van der Waals surface area contributed by atoms with Crippen molar-refractivity contribution in [1.82, 2.24) is 0 Å². The van der Waals surface area contributed by atoms with Crippen LogP contribution in [0.4, 0.5) is 10.1 Å². The summed E-state index contributed by atoms with van der Waals surface area (Å²) in [5.41, 5.74) is 0.859. The summed E-state index contributed by atoms with van der Waals surface area (Å²) in [5.74, 6) is -1.95. The standard InChI is InChI=1S/C11H10FNO3/c1-13(2)6-3-8(12)7-5-10(11(14)15)16-9(7)4-6/h3-5H,1-2H3,(H,14,15). The minimum atomic E-state index is -1.21.